The van der Waals surface area contributed by atoms with E-state index in [9.17, 15) is 19.8 Å². The number of rotatable bonds is 1. The maximum absolute atomic E-state index is 12.8. The lowest BCUT2D eigenvalue weighted by Gasteiger charge is -2.49. The van der Waals surface area contributed by atoms with Crippen molar-refractivity contribution in [3.63, 3.8) is 0 Å². The number of carbonyl (C=O) groups excluding carboxylic acids is 1. The number of carbonyl (C=O) groups is 1. The predicted octanol–water partition coefficient (Wildman–Crippen LogP) is 0.371. The number of likely N-dealkylation sites (tertiary alicyclic amines) is 1. The first kappa shape index (κ1) is 17.7. The van der Waals surface area contributed by atoms with Crippen molar-refractivity contribution in [3.05, 3.63) is 33.2 Å². The molecule has 0 saturated carbocycles. The molecule has 0 radical (unpaired) electrons. The molecule has 2 fully saturated rings. The monoisotopic (exact) mass is 362 g/mol. The molecule has 7 heteroatoms. The predicted molar refractivity (Wildman–Crippen MR) is 94.2 cm³/mol. The van der Waals surface area contributed by atoms with E-state index in [0.717, 1.165) is 30.5 Å². The minimum atomic E-state index is -1.18. The van der Waals surface area contributed by atoms with Crippen LogP contribution in [0, 0.1) is 0 Å². The van der Waals surface area contributed by atoms with Crippen LogP contribution in [0.2, 0.25) is 0 Å². The average Bonchev–Trinajstić information content (AvgIpc) is 3.05. The quantitative estimate of drug-likeness (QED) is 0.670. The molecule has 1 spiro atoms. The van der Waals surface area contributed by atoms with Crippen molar-refractivity contribution in [2.75, 3.05) is 19.7 Å². The van der Waals surface area contributed by atoms with E-state index in [2.05, 4.69) is 4.98 Å². The highest BCUT2D eigenvalue weighted by Crippen LogP contribution is 2.39. The van der Waals surface area contributed by atoms with Gasteiger partial charge in [0.2, 0.25) is 0 Å². The van der Waals surface area contributed by atoms with E-state index in [-0.39, 0.29) is 23.6 Å². The third-order valence-electron chi connectivity index (χ3n) is 6.23. The first-order valence-electron chi connectivity index (χ1n) is 9.38. The zero-order valence-corrected chi connectivity index (χ0v) is 15.1. The lowest BCUT2D eigenvalue weighted by Crippen LogP contribution is -2.59. The maximum Gasteiger partial charge on any atom is 0.261 e. The van der Waals surface area contributed by atoms with Crippen LogP contribution in [0.15, 0.2) is 10.9 Å². The summed E-state index contributed by atoms with van der Waals surface area (Å²) in [6.07, 6.45) is 3.42. The standard InChI is InChI=1S/C19H26N2O5/c1-18(25)11-19(26-10-15(18)22)5-7-21(8-6-19)17(24)13-9-12-3-2-4-14(12)20-16(13)23/h9,15,22,25H,2-8,10-11H2,1H3,(H,20,23)/t15-,18-/m0/s1. The molecule has 2 atom stereocenters. The molecule has 142 valence electrons. The molecule has 3 N–H and O–H groups in total. The lowest BCUT2D eigenvalue weighted by atomic mass is 9.76. The Bertz CT molecular complexity index is 777. The molecule has 1 aromatic heterocycles. The normalized spacial score (nSPS) is 30.4. The van der Waals surface area contributed by atoms with Crippen LogP contribution in [0.1, 0.15) is 54.2 Å². The molecular formula is C19H26N2O5. The average molecular weight is 362 g/mol. The van der Waals surface area contributed by atoms with Crippen LogP contribution >= 0.6 is 0 Å². The highest BCUT2D eigenvalue weighted by Gasteiger charge is 2.49. The van der Waals surface area contributed by atoms with Crippen LogP contribution in [-0.2, 0) is 17.6 Å². The van der Waals surface area contributed by atoms with E-state index in [1.165, 1.54) is 0 Å². The number of aliphatic hydroxyl groups excluding tert-OH is 1. The second-order valence-corrected chi connectivity index (χ2v) is 8.21. The van der Waals surface area contributed by atoms with Gasteiger partial charge in [-0.1, -0.05) is 0 Å². The van der Waals surface area contributed by atoms with Crippen LogP contribution in [0.4, 0.5) is 0 Å². The largest absolute Gasteiger partial charge is 0.388 e. The Kier molecular flexibility index (Phi) is 4.21. The van der Waals surface area contributed by atoms with Gasteiger partial charge in [0.25, 0.3) is 11.5 Å². The van der Waals surface area contributed by atoms with Crippen molar-refractivity contribution >= 4 is 5.91 Å². The zero-order chi connectivity index (χ0) is 18.5. The van der Waals surface area contributed by atoms with Crippen LogP contribution < -0.4 is 5.56 Å². The number of aliphatic hydroxyl groups is 2. The maximum atomic E-state index is 12.8. The van der Waals surface area contributed by atoms with E-state index >= 15 is 0 Å². The first-order chi connectivity index (χ1) is 12.3. The van der Waals surface area contributed by atoms with Crippen LogP contribution in [0.5, 0.6) is 0 Å². The van der Waals surface area contributed by atoms with Gasteiger partial charge in [-0.05, 0) is 50.7 Å². The SMILES string of the molecule is C[C@]1(O)CC2(CCN(C(=O)c3cc4c([nH]c3=O)CCC4)CC2)OC[C@@H]1O. The summed E-state index contributed by atoms with van der Waals surface area (Å²) in [6, 6.07) is 1.76. The number of fused-ring (bicyclic) bond motifs is 1. The zero-order valence-electron chi connectivity index (χ0n) is 15.1. The van der Waals surface area contributed by atoms with Gasteiger partial charge in [0.05, 0.1) is 17.8 Å². The topological polar surface area (TPSA) is 103 Å². The molecule has 2 saturated heterocycles. The van der Waals surface area contributed by atoms with Crippen molar-refractivity contribution in [1.82, 2.24) is 9.88 Å². The summed E-state index contributed by atoms with van der Waals surface area (Å²) in [5, 5.41) is 20.3. The molecule has 26 heavy (non-hydrogen) atoms. The fourth-order valence-electron chi connectivity index (χ4n) is 4.54. The Labute approximate surface area is 152 Å². The summed E-state index contributed by atoms with van der Waals surface area (Å²) in [6.45, 7) is 2.68. The molecule has 1 aliphatic carbocycles. The molecule has 7 nitrogen and oxygen atoms in total. The minimum absolute atomic E-state index is 0.103. The van der Waals surface area contributed by atoms with Gasteiger partial charge < -0.3 is 24.8 Å². The Morgan fingerprint density at radius 3 is 2.77 bits per heavy atom. The summed E-state index contributed by atoms with van der Waals surface area (Å²) in [4.78, 5) is 29.7. The van der Waals surface area contributed by atoms with Gasteiger partial charge in [0, 0.05) is 25.2 Å². The molecule has 2 aliphatic heterocycles. The summed E-state index contributed by atoms with van der Waals surface area (Å²) in [7, 11) is 0. The molecule has 4 rings (SSSR count). The Morgan fingerprint density at radius 2 is 2.08 bits per heavy atom. The van der Waals surface area contributed by atoms with Crippen molar-refractivity contribution < 1.29 is 19.7 Å². The molecule has 0 bridgehead atoms. The molecule has 0 unspecified atom stereocenters. The fraction of sp³-hybridized carbons (Fsp3) is 0.684. The number of hydrogen-bond acceptors (Lipinski definition) is 5. The number of amides is 1. The summed E-state index contributed by atoms with van der Waals surface area (Å²) >= 11 is 0. The van der Waals surface area contributed by atoms with Crippen molar-refractivity contribution in [2.45, 2.75) is 62.8 Å². The van der Waals surface area contributed by atoms with E-state index < -0.39 is 17.3 Å². The number of hydrogen-bond donors (Lipinski definition) is 3. The highest BCUT2D eigenvalue weighted by molar-refractivity contribution is 5.94. The van der Waals surface area contributed by atoms with E-state index in [0.29, 0.717) is 32.4 Å². The van der Waals surface area contributed by atoms with Gasteiger partial charge >= 0.3 is 0 Å². The summed E-state index contributed by atoms with van der Waals surface area (Å²) < 4.78 is 5.86. The molecular weight excluding hydrogens is 336 g/mol. The van der Waals surface area contributed by atoms with Crippen molar-refractivity contribution in [3.8, 4) is 0 Å². The second-order valence-electron chi connectivity index (χ2n) is 8.21. The van der Waals surface area contributed by atoms with Gasteiger partial charge in [0.1, 0.15) is 11.7 Å². The third-order valence-corrected chi connectivity index (χ3v) is 6.23. The first-order valence-corrected chi connectivity index (χ1v) is 9.38. The summed E-state index contributed by atoms with van der Waals surface area (Å²) in [5.74, 6) is -0.238. The number of pyridine rings is 1. The van der Waals surface area contributed by atoms with E-state index in [1.54, 1.807) is 17.9 Å². The van der Waals surface area contributed by atoms with E-state index in [4.69, 9.17) is 4.74 Å². The fourth-order valence-corrected chi connectivity index (χ4v) is 4.54. The highest BCUT2D eigenvalue weighted by atomic mass is 16.5. The Balaban J connectivity index is 1.47. The molecule has 3 heterocycles. The lowest BCUT2D eigenvalue weighted by molar-refractivity contribution is -0.221. The third kappa shape index (κ3) is 2.98. The molecule has 3 aliphatic rings. The number of aryl methyl sites for hydroxylation is 2. The Hall–Kier alpha value is -1.70. The number of nitrogens with zero attached hydrogens (tertiary/aromatic N) is 1. The smallest absolute Gasteiger partial charge is 0.261 e. The number of piperidine rings is 1. The number of H-pyrrole nitrogens is 1. The number of aromatic amines is 1. The second kappa shape index (κ2) is 6.18. The molecule has 0 aromatic carbocycles. The minimum Gasteiger partial charge on any atom is -0.388 e. The van der Waals surface area contributed by atoms with E-state index in [1.807, 2.05) is 0 Å². The van der Waals surface area contributed by atoms with Gasteiger partial charge in [-0.3, -0.25) is 9.59 Å². The van der Waals surface area contributed by atoms with Gasteiger partial charge in [-0.25, -0.2) is 0 Å². The van der Waals surface area contributed by atoms with Crippen LogP contribution in [0.3, 0.4) is 0 Å². The number of ether oxygens (including phenoxy) is 1. The van der Waals surface area contributed by atoms with Crippen LogP contribution in [0.25, 0.3) is 0 Å². The van der Waals surface area contributed by atoms with Crippen molar-refractivity contribution in [2.24, 2.45) is 0 Å². The number of aromatic nitrogens is 1. The van der Waals surface area contributed by atoms with Gasteiger partial charge in [-0.2, -0.15) is 0 Å². The number of nitrogens with one attached hydrogen (secondary N) is 1. The van der Waals surface area contributed by atoms with Crippen molar-refractivity contribution in [1.29, 1.82) is 0 Å². The Morgan fingerprint density at radius 1 is 1.35 bits per heavy atom. The van der Waals surface area contributed by atoms with Gasteiger partial charge in [-0.15, -0.1) is 0 Å². The molecule has 1 amide bonds. The molecule has 1 aromatic rings. The summed E-state index contributed by atoms with van der Waals surface area (Å²) in [5.41, 5.74) is 0.248. The van der Waals surface area contributed by atoms with Gasteiger partial charge in [0.15, 0.2) is 0 Å². The van der Waals surface area contributed by atoms with Crippen LogP contribution in [-0.4, -0.2) is 63.0 Å².